The van der Waals surface area contributed by atoms with Crippen molar-refractivity contribution in [2.24, 2.45) is 0 Å². The quantitative estimate of drug-likeness (QED) is 0.579. The Morgan fingerprint density at radius 1 is 0.967 bits per heavy atom. The fourth-order valence-corrected chi connectivity index (χ4v) is 3.43. The monoisotopic (exact) mass is 411 g/mol. The molecule has 0 saturated heterocycles. The summed E-state index contributed by atoms with van der Waals surface area (Å²) >= 11 is 0. The van der Waals surface area contributed by atoms with Crippen LogP contribution in [0.2, 0.25) is 0 Å². The fraction of sp³-hybridized carbons (Fsp3) is 0.478. The summed E-state index contributed by atoms with van der Waals surface area (Å²) in [5.41, 5.74) is 4.94. The van der Waals surface area contributed by atoms with Gasteiger partial charge in [0.2, 0.25) is 11.9 Å². The van der Waals surface area contributed by atoms with Crippen molar-refractivity contribution in [2.75, 3.05) is 26.0 Å². The standard InChI is InChI=1S/C23H33N5O2/c1-16-12-17(2)21(18(3)13-16)27-23-25-14-19(15-26-23)22(30)28(5)11-9-7-6-8-10-20(29)24-4/h12-15H,6-11H2,1-5H3,(H,24,29)(H,25,26,27). The lowest BCUT2D eigenvalue weighted by Gasteiger charge is -2.17. The maximum atomic E-state index is 12.6. The lowest BCUT2D eigenvalue weighted by molar-refractivity contribution is -0.120. The topological polar surface area (TPSA) is 87.2 Å². The van der Waals surface area contributed by atoms with Crippen LogP contribution in [0.3, 0.4) is 0 Å². The first-order valence-electron chi connectivity index (χ1n) is 10.4. The number of carbonyl (C=O) groups is 2. The Morgan fingerprint density at radius 2 is 1.57 bits per heavy atom. The third-order valence-corrected chi connectivity index (χ3v) is 5.09. The SMILES string of the molecule is CNC(=O)CCCCCCN(C)C(=O)c1cnc(Nc2c(C)cc(C)cc2C)nc1. The van der Waals surface area contributed by atoms with E-state index in [0.717, 1.165) is 42.5 Å². The number of hydrogen-bond acceptors (Lipinski definition) is 5. The second kappa shape index (κ2) is 11.3. The minimum atomic E-state index is -0.0883. The molecule has 0 unspecified atom stereocenters. The summed E-state index contributed by atoms with van der Waals surface area (Å²) in [6.45, 7) is 6.84. The third-order valence-electron chi connectivity index (χ3n) is 5.09. The molecule has 1 heterocycles. The zero-order valence-corrected chi connectivity index (χ0v) is 18.7. The molecule has 0 atom stereocenters. The largest absolute Gasteiger partial charge is 0.359 e. The number of nitrogens with one attached hydrogen (secondary N) is 2. The predicted octanol–water partition coefficient (Wildman–Crippen LogP) is 3.91. The van der Waals surface area contributed by atoms with Gasteiger partial charge in [-0.1, -0.05) is 30.5 Å². The molecule has 0 aliphatic carbocycles. The van der Waals surface area contributed by atoms with Gasteiger partial charge < -0.3 is 15.5 Å². The number of unbranched alkanes of at least 4 members (excludes halogenated alkanes) is 3. The van der Waals surface area contributed by atoms with Gasteiger partial charge in [0.15, 0.2) is 0 Å². The van der Waals surface area contributed by atoms with Crippen LogP contribution in [0.5, 0.6) is 0 Å². The second-order valence-electron chi connectivity index (χ2n) is 7.76. The molecule has 162 valence electrons. The van der Waals surface area contributed by atoms with Gasteiger partial charge in [-0.25, -0.2) is 9.97 Å². The zero-order chi connectivity index (χ0) is 22.1. The van der Waals surface area contributed by atoms with E-state index in [4.69, 9.17) is 0 Å². The number of aromatic nitrogens is 2. The molecule has 0 aliphatic heterocycles. The van der Waals surface area contributed by atoms with Crippen LogP contribution in [0.25, 0.3) is 0 Å². The number of carbonyl (C=O) groups excluding carboxylic acids is 2. The van der Waals surface area contributed by atoms with E-state index in [-0.39, 0.29) is 11.8 Å². The van der Waals surface area contributed by atoms with Crippen LogP contribution < -0.4 is 10.6 Å². The van der Waals surface area contributed by atoms with E-state index in [1.54, 1.807) is 31.4 Å². The highest BCUT2D eigenvalue weighted by molar-refractivity contribution is 5.93. The van der Waals surface area contributed by atoms with Gasteiger partial charge in [0.25, 0.3) is 5.91 Å². The Morgan fingerprint density at radius 3 is 2.17 bits per heavy atom. The van der Waals surface area contributed by atoms with Crippen LogP contribution in [0.15, 0.2) is 24.5 Å². The molecular formula is C23H33N5O2. The minimum absolute atomic E-state index is 0.0768. The summed E-state index contributed by atoms with van der Waals surface area (Å²) in [5.74, 6) is 0.461. The van der Waals surface area contributed by atoms with Crippen molar-refractivity contribution in [2.45, 2.75) is 52.9 Å². The average molecular weight is 412 g/mol. The first kappa shape index (κ1) is 23.3. The lowest BCUT2D eigenvalue weighted by atomic mass is 10.1. The third kappa shape index (κ3) is 6.83. The molecule has 1 aromatic carbocycles. The number of rotatable bonds is 10. The second-order valence-corrected chi connectivity index (χ2v) is 7.76. The molecule has 0 bridgehead atoms. The lowest BCUT2D eigenvalue weighted by Crippen LogP contribution is -2.28. The van der Waals surface area contributed by atoms with Crippen LogP contribution in [-0.4, -0.2) is 47.3 Å². The normalized spacial score (nSPS) is 10.6. The van der Waals surface area contributed by atoms with E-state index < -0.39 is 0 Å². The van der Waals surface area contributed by atoms with Crippen molar-refractivity contribution in [3.63, 3.8) is 0 Å². The molecule has 0 fully saturated rings. The fourth-order valence-electron chi connectivity index (χ4n) is 3.43. The van der Waals surface area contributed by atoms with Gasteiger partial charge in [0, 0.05) is 45.1 Å². The molecule has 0 radical (unpaired) electrons. The van der Waals surface area contributed by atoms with Gasteiger partial charge in [-0.15, -0.1) is 0 Å². The Bertz CT molecular complexity index is 841. The van der Waals surface area contributed by atoms with Crippen molar-refractivity contribution in [3.05, 3.63) is 46.8 Å². The number of amides is 2. The van der Waals surface area contributed by atoms with Crippen LogP contribution >= 0.6 is 0 Å². The van der Waals surface area contributed by atoms with E-state index in [0.29, 0.717) is 24.5 Å². The molecule has 2 amide bonds. The van der Waals surface area contributed by atoms with Crippen molar-refractivity contribution >= 4 is 23.5 Å². The number of anilines is 2. The summed E-state index contributed by atoms with van der Waals surface area (Å²) < 4.78 is 0. The molecule has 30 heavy (non-hydrogen) atoms. The number of aryl methyl sites for hydroxylation is 3. The minimum Gasteiger partial charge on any atom is -0.359 e. The van der Waals surface area contributed by atoms with Crippen molar-refractivity contribution in [3.8, 4) is 0 Å². The molecule has 2 N–H and O–H groups in total. The van der Waals surface area contributed by atoms with Gasteiger partial charge in [0.1, 0.15) is 0 Å². The number of hydrogen-bond donors (Lipinski definition) is 2. The maximum Gasteiger partial charge on any atom is 0.256 e. The summed E-state index contributed by atoms with van der Waals surface area (Å²) in [6.07, 6.45) is 7.44. The molecule has 7 nitrogen and oxygen atoms in total. The average Bonchev–Trinajstić information content (AvgIpc) is 2.72. The van der Waals surface area contributed by atoms with E-state index in [1.165, 1.54) is 5.56 Å². The van der Waals surface area contributed by atoms with Gasteiger partial charge in [-0.3, -0.25) is 9.59 Å². The van der Waals surface area contributed by atoms with Gasteiger partial charge in [0.05, 0.1) is 5.56 Å². The van der Waals surface area contributed by atoms with E-state index >= 15 is 0 Å². The van der Waals surface area contributed by atoms with E-state index in [9.17, 15) is 9.59 Å². The number of benzene rings is 1. The van der Waals surface area contributed by atoms with Crippen LogP contribution in [0, 0.1) is 20.8 Å². The molecule has 2 rings (SSSR count). The highest BCUT2D eigenvalue weighted by Gasteiger charge is 2.13. The molecule has 7 heteroatoms. The highest BCUT2D eigenvalue weighted by atomic mass is 16.2. The summed E-state index contributed by atoms with van der Waals surface area (Å²) in [7, 11) is 3.44. The highest BCUT2D eigenvalue weighted by Crippen LogP contribution is 2.24. The molecule has 0 aliphatic rings. The number of nitrogens with zero attached hydrogens (tertiary/aromatic N) is 3. The molecular weight excluding hydrogens is 378 g/mol. The smallest absolute Gasteiger partial charge is 0.256 e. The first-order chi connectivity index (χ1) is 14.3. The van der Waals surface area contributed by atoms with Crippen molar-refractivity contribution < 1.29 is 9.59 Å². The summed E-state index contributed by atoms with van der Waals surface area (Å²) in [4.78, 5) is 34.1. The van der Waals surface area contributed by atoms with Gasteiger partial charge in [-0.2, -0.15) is 0 Å². The first-order valence-corrected chi connectivity index (χ1v) is 10.4. The molecule has 0 saturated carbocycles. The van der Waals surface area contributed by atoms with Crippen LogP contribution in [0.1, 0.15) is 59.2 Å². The Kier molecular flexibility index (Phi) is 8.77. The zero-order valence-electron chi connectivity index (χ0n) is 18.7. The summed E-state index contributed by atoms with van der Waals surface area (Å²) in [6, 6.07) is 4.22. The Balaban J connectivity index is 1.84. The van der Waals surface area contributed by atoms with E-state index in [2.05, 4.69) is 39.7 Å². The predicted molar refractivity (Wildman–Crippen MR) is 120 cm³/mol. The Hall–Kier alpha value is -2.96. The van der Waals surface area contributed by atoms with Gasteiger partial charge in [-0.05, 0) is 44.7 Å². The molecule has 1 aromatic heterocycles. The maximum absolute atomic E-state index is 12.6. The summed E-state index contributed by atoms with van der Waals surface area (Å²) in [5, 5.41) is 5.88. The van der Waals surface area contributed by atoms with Crippen molar-refractivity contribution in [1.29, 1.82) is 0 Å². The van der Waals surface area contributed by atoms with E-state index in [1.807, 2.05) is 13.8 Å². The van der Waals surface area contributed by atoms with Crippen LogP contribution in [0.4, 0.5) is 11.6 Å². The van der Waals surface area contributed by atoms with Gasteiger partial charge >= 0.3 is 0 Å². The molecule has 0 spiro atoms. The molecule has 2 aromatic rings. The Labute approximate surface area is 179 Å². The van der Waals surface area contributed by atoms with Crippen molar-refractivity contribution in [1.82, 2.24) is 20.2 Å². The van der Waals surface area contributed by atoms with Crippen LogP contribution in [-0.2, 0) is 4.79 Å².